The van der Waals surface area contributed by atoms with Crippen molar-refractivity contribution in [2.45, 2.75) is 30.7 Å². The van der Waals surface area contributed by atoms with Crippen molar-refractivity contribution in [2.75, 3.05) is 20.3 Å². The third-order valence-electron chi connectivity index (χ3n) is 7.92. The number of hydrogen-bond acceptors (Lipinski definition) is 7. The maximum absolute atomic E-state index is 13.3. The van der Waals surface area contributed by atoms with Gasteiger partial charge in [0, 0.05) is 19.2 Å². The van der Waals surface area contributed by atoms with Gasteiger partial charge in [-0.1, -0.05) is 91.0 Å². The molecule has 1 N–H and O–H groups in total. The second-order valence-corrected chi connectivity index (χ2v) is 10.7. The van der Waals surface area contributed by atoms with E-state index in [1.165, 1.54) is 13.2 Å². The number of nitrogens with zero attached hydrogens (tertiary/aromatic N) is 2. The van der Waals surface area contributed by atoms with E-state index in [-0.39, 0.29) is 30.9 Å². The third kappa shape index (κ3) is 6.57. The monoisotopic (exact) mass is 633 g/mol. The minimum Gasteiger partial charge on any atom is -0.485 e. The molecule has 0 saturated heterocycles. The number of nitrogens with one attached hydrogen (secondary N) is 1. The van der Waals surface area contributed by atoms with Gasteiger partial charge in [0.25, 0.3) is 0 Å². The van der Waals surface area contributed by atoms with Gasteiger partial charge in [0.05, 0.1) is 17.6 Å². The van der Waals surface area contributed by atoms with Crippen LogP contribution in [-0.4, -0.2) is 54.2 Å². The van der Waals surface area contributed by atoms with Crippen LogP contribution in [0.15, 0.2) is 103 Å². The summed E-state index contributed by atoms with van der Waals surface area (Å²) >= 11 is 0. The van der Waals surface area contributed by atoms with Gasteiger partial charge in [0.15, 0.2) is 5.75 Å². The number of nitro benzene ring substituents is 1. The lowest BCUT2D eigenvalue weighted by Gasteiger charge is -2.39. The molecule has 238 valence electrons. The lowest BCUT2D eigenvalue weighted by molar-refractivity contribution is -0.386. The Morgan fingerprint density at radius 3 is 1.87 bits per heavy atom. The number of carbonyl (C=O) groups excluding carboxylic acids is 2. The second kappa shape index (κ2) is 13.4. The second-order valence-electron chi connectivity index (χ2n) is 10.7. The van der Waals surface area contributed by atoms with E-state index < -0.39 is 46.8 Å². The molecule has 0 bridgehead atoms. The fraction of sp³-hybridized carbons (Fsp3) is 0.235. The van der Waals surface area contributed by atoms with E-state index in [9.17, 15) is 32.9 Å². The summed E-state index contributed by atoms with van der Waals surface area (Å²) in [5.74, 6) is -2.86. The average molecular weight is 634 g/mol. The molecule has 1 atom stereocenters. The van der Waals surface area contributed by atoms with Crippen LogP contribution in [0.4, 0.5) is 18.9 Å². The minimum atomic E-state index is -5.06. The molecule has 0 unspecified atom stereocenters. The summed E-state index contributed by atoms with van der Waals surface area (Å²) in [7, 11) is 1.22. The number of ether oxygens (including phenoxy) is 2. The molecule has 0 radical (unpaired) electrons. The minimum absolute atomic E-state index is 0.0311. The quantitative estimate of drug-likeness (QED) is 0.106. The predicted octanol–water partition coefficient (Wildman–Crippen LogP) is 5.54. The third-order valence-corrected chi connectivity index (χ3v) is 7.92. The number of nitro groups is 1. The van der Waals surface area contributed by atoms with Crippen LogP contribution in [0.5, 0.6) is 5.75 Å². The Kier molecular flexibility index (Phi) is 9.38. The van der Waals surface area contributed by atoms with Crippen molar-refractivity contribution >= 4 is 17.6 Å². The van der Waals surface area contributed by atoms with Crippen molar-refractivity contribution < 1.29 is 37.2 Å². The summed E-state index contributed by atoms with van der Waals surface area (Å²) in [4.78, 5) is 37.1. The van der Waals surface area contributed by atoms with Crippen molar-refractivity contribution in [3.63, 3.8) is 0 Å². The van der Waals surface area contributed by atoms with Crippen LogP contribution < -0.4 is 10.1 Å². The van der Waals surface area contributed by atoms with E-state index >= 15 is 0 Å². The van der Waals surface area contributed by atoms with Crippen molar-refractivity contribution in [3.05, 3.63) is 141 Å². The summed E-state index contributed by atoms with van der Waals surface area (Å²) in [5, 5.41) is 15.5. The van der Waals surface area contributed by atoms with Gasteiger partial charge in [0.2, 0.25) is 0 Å². The van der Waals surface area contributed by atoms with Crippen molar-refractivity contribution in [2.24, 2.45) is 0 Å². The highest BCUT2D eigenvalue weighted by Crippen LogP contribution is 2.38. The Morgan fingerprint density at radius 2 is 1.41 bits per heavy atom. The number of fused-ring (bicyclic) bond motifs is 1. The molecule has 0 spiro atoms. The smallest absolute Gasteiger partial charge is 0.471 e. The normalized spacial score (nSPS) is 13.8. The number of rotatable bonds is 10. The molecular formula is C34H30F3N3O6. The first-order valence-electron chi connectivity index (χ1n) is 14.4. The number of esters is 1. The van der Waals surface area contributed by atoms with E-state index in [1.54, 1.807) is 0 Å². The Hall–Kier alpha value is -5.23. The SMILES string of the molecule is COC(=O)[C@H](COc1cc2c(cc1[N+](=O)[O-])CN(C(=O)C(F)(F)F)CC2)NC(c1ccccc1)(c1ccccc1)c1ccccc1. The summed E-state index contributed by atoms with van der Waals surface area (Å²) in [5.41, 5.74) is 1.52. The van der Waals surface area contributed by atoms with Gasteiger partial charge in [-0.25, -0.2) is 0 Å². The fourth-order valence-electron chi connectivity index (χ4n) is 5.74. The molecule has 12 heteroatoms. The van der Waals surface area contributed by atoms with E-state index in [0.717, 1.165) is 22.8 Å². The molecule has 4 aromatic rings. The zero-order valence-electron chi connectivity index (χ0n) is 24.7. The molecule has 1 aliphatic heterocycles. The zero-order chi connectivity index (χ0) is 32.9. The van der Waals surface area contributed by atoms with E-state index in [0.29, 0.717) is 10.5 Å². The van der Waals surface area contributed by atoms with Crippen molar-refractivity contribution in [1.29, 1.82) is 0 Å². The maximum Gasteiger partial charge on any atom is 0.471 e. The Bertz CT molecular complexity index is 1610. The molecule has 4 aromatic carbocycles. The van der Waals surface area contributed by atoms with Gasteiger partial charge in [-0.15, -0.1) is 0 Å². The van der Waals surface area contributed by atoms with E-state index in [1.807, 2.05) is 91.0 Å². The lowest BCUT2D eigenvalue weighted by Crippen LogP contribution is -2.55. The molecular weight excluding hydrogens is 603 g/mol. The van der Waals surface area contributed by atoms with Gasteiger partial charge in [-0.3, -0.25) is 25.0 Å². The lowest BCUT2D eigenvalue weighted by atomic mass is 9.76. The molecule has 0 aromatic heterocycles. The number of benzene rings is 4. The van der Waals surface area contributed by atoms with Crippen molar-refractivity contribution in [1.82, 2.24) is 10.2 Å². The summed E-state index contributed by atoms with van der Waals surface area (Å²) in [6, 6.07) is 29.7. The molecule has 46 heavy (non-hydrogen) atoms. The van der Waals surface area contributed by atoms with Gasteiger partial charge < -0.3 is 14.4 Å². The topological polar surface area (TPSA) is 111 Å². The summed E-state index contributed by atoms with van der Waals surface area (Å²) < 4.78 is 50.2. The molecule has 1 aliphatic rings. The molecule has 1 amide bonds. The van der Waals surface area contributed by atoms with E-state index in [2.05, 4.69) is 5.32 Å². The number of carbonyl (C=O) groups is 2. The van der Waals surface area contributed by atoms with Crippen LogP contribution in [0.1, 0.15) is 27.8 Å². The van der Waals surface area contributed by atoms with Crippen LogP contribution >= 0.6 is 0 Å². The number of alkyl halides is 3. The zero-order valence-corrected chi connectivity index (χ0v) is 24.7. The number of amides is 1. The number of methoxy groups -OCH3 is 1. The molecule has 9 nitrogen and oxygen atoms in total. The average Bonchev–Trinajstić information content (AvgIpc) is 3.08. The van der Waals surface area contributed by atoms with Crippen LogP contribution in [0.25, 0.3) is 0 Å². The summed E-state index contributed by atoms with van der Waals surface area (Å²) in [6.07, 6.45) is -5.03. The highest BCUT2D eigenvalue weighted by molar-refractivity contribution is 5.82. The Labute approximate surface area is 262 Å². The van der Waals surface area contributed by atoms with Crippen LogP contribution in [0.3, 0.4) is 0 Å². The molecule has 0 aliphatic carbocycles. The Morgan fingerprint density at radius 1 is 0.891 bits per heavy atom. The van der Waals surface area contributed by atoms with Gasteiger partial charge in [0.1, 0.15) is 12.6 Å². The fourth-order valence-corrected chi connectivity index (χ4v) is 5.74. The molecule has 1 heterocycles. The van der Waals surface area contributed by atoms with Crippen LogP contribution in [0.2, 0.25) is 0 Å². The first kappa shape index (κ1) is 32.2. The number of halogens is 3. The van der Waals surface area contributed by atoms with Gasteiger partial charge in [-0.2, -0.15) is 13.2 Å². The Balaban J connectivity index is 1.52. The van der Waals surface area contributed by atoms with Gasteiger partial charge >= 0.3 is 23.7 Å². The molecule has 0 saturated carbocycles. The molecule has 5 rings (SSSR count). The summed E-state index contributed by atoms with van der Waals surface area (Å²) in [6.45, 7) is -1.04. The standard InChI is InChI=1S/C34H30F3N3O6/c1-45-31(41)28(22-46-30-20-23-17-18-39(32(42)34(35,36)37)21-24(23)19-29(30)40(43)44)38-33(25-11-5-2-6-12-25,26-13-7-3-8-14-26)27-15-9-4-10-16-27/h2-16,19-20,28,38H,17-18,21-22H2,1H3/t28-/m0/s1. The predicted molar refractivity (Wildman–Crippen MR) is 162 cm³/mol. The van der Waals surface area contributed by atoms with Crippen molar-refractivity contribution in [3.8, 4) is 5.75 Å². The molecule has 0 fully saturated rings. The largest absolute Gasteiger partial charge is 0.485 e. The van der Waals surface area contributed by atoms with Gasteiger partial charge in [-0.05, 0) is 40.3 Å². The first-order valence-corrected chi connectivity index (χ1v) is 14.4. The highest BCUT2D eigenvalue weighted by atomic mass is 19.4. The van der Waals surface area contributed by atoms with Crippen LogP contribution in [0, 0.1) is 10.1 Å². The van der Waals surface area contributed by atoms with E-state index in [4.69, 9.17) is 9.47 Å². The van der Waals surface area contributed by atoms with Crippen LogP contribution in [-0.2, 0) is 32.8 Å². The maximum atomic E-state index is 13.3. The number of hydrogen-bond donors (Lipinski definition) is 1. The first-order chi connectivity index (χ1) is 22.0. The highest BCUT2D eigenvalue weighted by Gasteiger charge is 2.44.